The van der Waals surface area contributed by atoms with Gasteiger partial charge in [-0.15, -0.1) is 0 Å². The summed E-state index contributed by atoms with van der Waals surface area (Å²) >= 11 is 0. The van der Waals surface area contributed by atoms with E-state index in [2.05, 4.69) is 15.3 Å². The number of urea groups is 1. The molecule has 0 bridgehead atoms. The number of nitrogens with one attached hydrogen (secondary N) is 1. The Hall–Kier alpha value is -3.88. The third-order valence-corrected chi connectivity index (χ3v) is 4.50. The number of anilines is 1. The molecule has 0 saturated carbocycles. The number of hydrogen-bond donors (Lipinski definition) is 1. The standard InChI is InChI=1S/C22H17F3N4O2/c23-22(24,25)17-6-7-20(27-11-17)31-19-5-1-3-15(10-19)9-16-13-29(14-16)21(30)28-18-4-2-8-26-12-18/h1-12H,13-14H2,(H,28,30). The predicted octanol–water partition coefficient (Wildman–Crippen LogP) is 5.22. The van der Waals surface area contributed by atoms with Crippen LogP contribution in [-0.2, 0) is 6.18 Å². The molecule has 2 aromatic heterocycles. The smallest absolute Gasteiger partial charge is 0.417 e. The topological polar surface area (TPSA) is 67.4 Å². The third-order valence-electron chi connectivity index (χ3n) is 4.50. The van der Waals surface area contributed by atoms with E-state index in [0.29, 0.717) is 24.5 Å². The van der Waals surface area contributed by atoms with E-state index in [4.69, 9.17) is 4.74 Å². The molecular formula is C22H17F3N4O2. The van der Waals surface area contributed by atoms with Gasteiger partial charge in [0.15, 0.2) is 0 Å². The highest BCUT2D eigenvalue weighted by Gasteiger charge is 2.30. The lowest BCUT2D eigenvalue weighted by atomic mass is 10.0. The first-order valence-electron chi connectivity index (χ1n) is 9.33. The van der Waals surface area contributed by atoms with Crippen molar-refractivity contribution in [2.75, 3.05) is 18.4 Å². The second-order valence-electron chi connectivity index (χ2n) is 6.89. The second-order valence-corrected chi connectivity index (χ2v) is 6.89. The van der Waals surface area contributed by atoms with Crippen LogP contribution in [0.15, 0.2) is 72.7 Å². The number of alkyl halides is 3. The van der Waals surface area contributed by atoms with Gasteiger partial charge < -0.3 is 15.0 Å². The van der Waals surface area contributed by atoms with Crippen molar-refractivity contribution in [3.63, 3.8) is 0 Å². The van der Waals surface area contributed by atoms with Crippen LogP contribution >= 0.6 is 0 Å². The number of pyridine rings is 2. The summed E-state index contributed by atoms with van der Waals surface area (Å²) in [6.45, 7) is 0.995. The Kier molecular flexibility index (Phi) is 5.57. The molecule has 4 rings (SSSR count). The maximum Gasteiger partial charge on any atom is 0.417 e. The number of halogens is 3. The molecule has 0 atom stereocenters. The van der Waals surface area contributed by atoms with Crippen molar-refractivity contribution in [1.29, 1.82) is 0 Å². The largest absolute Gasteiger partial charge is 0.439 e. The van der Waals surface area contributed by atoms with E-state index in [1.54, 1.807) is 47.6 Å². The fraction of sp³-hybridized carbons (Fsp3) is 0.136. The molecule has 0 aliphatic carbocycles. The van der Waals surface area contributed by atoms with Gasteiger partial charge in [-0.3, -0.25) is 4.98 Å². The zero-order valence-corrected chi connectivity index (χ0v) is 16.1. The minimum absolute atomic E-state index is 0.0692. The number of amides is 2. The fourth-order valence-corrected chi connectivity index (χ4v) is 2.95. The number of likely N-dealkylation sites (tertiary alicyclic amines) is 1. The number of hydrogen-bond acceptors (Lipinski definition) is 4. The summed E-state index contributed by atoms with van der Waals surface area (Å²) in [4.78, 5) is 21.5. The Morgan fingerprint density at radius 1 is 1.10 bits per heavy atom. The number of aromatic nitrogens is 2. The van der Waals surface area contributed by atoms with Gasteiger partial charge in [-0.2, -0.15) is 13.2 Å². The van der Waals surface area contributed by atoms with E-state index >= 15 is 0 Å². The quantitative estimate of drug-likeness (QED) is 0.621. The molecule has 2 amide bonds. The van der Waals surface area contributed by atoms with Gasteiger partial charge in [-0.05, 0) is 41.5 Å². The van der Waals surface area contributed by atoms with Gasteiger partial charge in [0.05, 0.1) is 17.4 Å². The third kappa shape index (κ3) is 5.19. The molecule has 1 aliphatic rings. The number of carbonyl (C=O) groups is 1. The normalized spacial score (nSPS) is 13.4. The monoisotopic (exact) mass is 426 g/mol. The molecule has 3 aromatic rings. The first-order valence-corrected chi connectivity index (χ1v) is 9.33. The van der Waals surface area contributed by atoms with E-state index < -0.39 is 11.7 Å². The summed E-state index contributed by atoms with van der Waals surface area (Å²) in [5, 5.41) is 2.78. The maximum atomic E-state index is 12.6. The molecule has 6 nitrogen and oxygen atoms in total. The van der Waals surface area contributed by atoms with Gasteiger partial charge in [0, 0.05) is 31.5 Å². The van der Waals surface area contributed by atoms with E-state index in [9.17, 15) is 18.0 Å². The molecule has 158 valence electrons. The molecule has 0 unspecified atom stereocenters. The van der Waals surface area contributed by atoms with Crippen LogP contribution in [0.25, 0.3) is 6.08 Å². The van der Waals surface area contributed by atoms with Crippen LogP contribution in [-0.4, -0.2) is 34.0 Å². The van der Waals surface area contributed by atoms with Gasteiger partial charge in [-0.1, -0.05) is 18.2 Å². The maximum absolute atomic E-state index is 12.6. The molecule has 3 heterocycles. The van der Waals surface area contributed by atoms with E-state index in [0.717, 1.165) is 23.4 Å². The highest BCUT2D eigenvalue weighted by molar-refractivity contribution is 5.90. The highest BCUT2D eigenvalue weighted by atomic mass is 19.4. The van der Waals surface area contributed by atoms with Gasteiger partial charge >= 0.3 is 12.2 Å². The number of ether oxygens (including phenoxy) is 1. The predicted molar refractivity (Wildman–Crippen MR) is 109 cm³/mol. The van der Waals surface area contributed by atoms with Crippen LogP contribution in [0.2, 0.25) is 0 Å². The van der Waals surface area contributed by atoms with Crippen molar-refractivity contribution in [3.05, 3.63) is 83.8 Å². The Balaban J connectivity index is 1.35. The summed E-state index contributed by atoms with van der Waals surface area (Å²) < 4.78 is 43.4. The Morgan fingerprint density at radius 3 is 2.61 bits per heavy atom. The number of rotatable bonds is 4. The van der Waals surface area contributed by atoms with Crippen molar-refractivity contribution in [3.8, 4) is 11.6 Å². The van der Waals surface area contributed by atoms with Crippen molar-refractivity contribution in [1.82, 2.24) is 14.9 Å². The highest BCUT2D eigenvalue weighted by Crippen LogP contribution is 2.30. The van der Waals surface area contributed by atoms with Crippen LogP contribution in [0.4, 0.5) is 23.7 Å². The molecule has 1 fully saturated rings. The molecular weight excluding hydrogens is 409 g/mol. The molecule has 31 heavy (non-hydrogen) atoms. The molecule has 0 spiro atoms. The molecule has 0 radical (unpaired) electrons. The van der Waals surface area contributed by atoms with E-state index in [-0.39, 0.29) is 11.9 Å². The minimum Gasteiger partial charge on any atom is -0.439 e. The van der Waals surface area contributed by atoms with Crippen molar-refractivity contribution in [2.24, 2.45) is 0 Å². The fourth-order valence-electron chi connectivity index (χ4n) is 2.95. The first kappa shape index (κ1) is 20.4. The van der Waals surface area contributed by atoms with Crippen LogP contribution in [0.1, 0.15) is 11.1 Å². The van der Waals surface area contributed by atoms with Crippen LogP contribution in [0.5, 0.6) is 11.6 Å². The minimum atomic E-state index is -4.44. The van der Waals surface area contributed by atoms with Crippen molar-refractivity contribution in [2.45, 2.75) is 6.18 Å². The van der Waals surface area contributed by atoms with E-state index in [1.165, 1.54) is 6.07 Å². The molecule has 1 aromatic carbocycles. The average Bonchev–Trinajstić information content (AvgIpc) is 2.71. The zero-order valence-electron chi connectivity index (χ0n) is 16.1. The summed E-state index contributed by atoms with van der Waals surface area (Å²) in [6.07, 6.45) is 1.45. The van der Waals surface area contributed by atoms with Crippen LogP contribution < -0.4 is 10.1 Å². The van der Waals surface area contributed by atoms with Gasteiger partial charge in [0.25, 0.3) is 0 Å². The Labute approximate surface area is 176 Å². The number of benzene rings is 1. The molecule has 1 saturated heterocycles. The second kappa shape index (κ2) is 8.47. The van der Waals surface area contributed by atoms with Gasteiger partial charge in [-0.25, -0.2) is 9.78 Å². The first-order chi connectivity index (χ1) is 14.9. The summed E-state index contributed by atoms with van der Waals surface area (Å²) in [7, 11) is 0. The van der Waals surface area contributed by atoms with E-state index in [1.807, 2.05) is 12.1 Å². The van der Waals surface area contributed by atoms with Gasteiger partial charge in [0.1, 0.15) is 5.75 Å². The lowest BCUT2D eigenvalue weighted by Crippen LogP contribution is -2.46. The summed E-state index contributed by atoms with van der Waals surface area (Å²) in [5.41, 5.74) is 1.71. The van der Waals surface area contributed by atoms with Gasteiger partial charge in [0.2, 0.25) is 5.88 Å². The average molecular weight is 426 g/mol. The Bertz CT molecular complexity index is 1090. The van der Waals surface area contributed by atoms with Crippen molar-refractivity contribution < 1.29 is 22.7 Å². The zero-order chi connectivity index (χ0) is 21.8. The van der Waals surface area contributed by atoms with Crippen LogP contribution in [0.3, 0.4) is 0 Å². The molecule has 1 aliphatic heterocycles. The summed E-state index contributed by atoms with van der Waals surface area (Å²) in [5.74, 6) is 0.520. The molecule has 9 heteroatoms. The molecule has 1 N–H and O–H groups in total. The number of carbonyl (C=O) groups excluding carboxylic acids is 1. The van der Waals surface area contributed by atoms with Crippen molar-refractivity contribution >= 4 is 17.8 Å². The number of nitrogens with zero attached hydrogens (tertiary/aromatic N) is 3. The Morgan fingerprint density at radius 2 is 1.94 bits per heavy atom. The van der Waals surface area contributed by atoms with Crippen LogP contribution in [0, 0.1) is 0 Å². The summed E-state index contributed by atoms with van der Waals surface area (Å²) in [6, 6.07) is 12.5. The lowest BCUT2D eigenvalue weighted by Gasteiger charge is -2.34. The SMILES string of the molecule is O=C(Nc1cccnc1)N1CC(=Cc2cccc(Oc3ccc(C(F)(F)F)cn3)c2)C1. The lowest BCUT2D eigenvalue weighted by molar-refractivity contribution is -0.137.